The summed E-state index contributed by atoms with van der Waals surface area (Å²) >= 11 is 0. The molecule has 0 saturated carbocycles. The molecule has 4 rings (SSSR count). The molecule has 28 heavy (non-hydrogen) atoms. The Morgan fingerprint density at radius 3 is 2.86 bits per heavy atom. The highest BCUT2D eigenvalue weighted by molar-refractivity contribution is 6.06. The van der Waals surface area contributed by atoms with E-state index in [1.807, 2.05) is 17.0 Å². The predicted octanol–water partition coefficient (Wildman–Crippen LogP) is 3.75. The minimum Gasteiger partial charge on any atom is -0.306 e. The first-order chi connectivity index (χ1) is 13.4. The summed E-state index contributed by atoms with van der Waals surface area (Å²) in [5.41, 5.74) is 4.10. The molecule has 2 aliphatic heterocycles. The fraction of sp³-hybridized carbons (Fsp3) is 0.318. The number of nitro groups is 1. The van der Waals surface area contributed by atoms with E-state index in [0.717, 1.165) is 25.2 Å². The van der Waals surface area contributed by atoms with Crippen molar-refractivity contribution in [1.82, 2.24) is 4.90 Å². The number of rotatable bonds is 3. The number of non-ortho nitro benzene ring substituents is 1. The topological polar surface area (TPSA) is 66.7 Å². The molecular weight excluding hydrogens is 354 g/mol. The Kier molecular flexibility index (Phi) is 4.73. The third-order valence-electron chi connectivity index (χ3n) is 5.69. The van der Waals surface area contributed by atoms with Crippen LogP contribution < -0.4 is 4.90 Å². The van der Waals surface area contributed by atoms with E-state index in [1.165, 1.54) is 29.3 Å². The molecule has 0 aromatic heterocycles. The highest BCUT2D eigenvalue weighted by Crippen LogP contribution is 2.45. The normalized spacial score (nSPS) is 21.6. The van der Waals surface area contributed by atoms with Crippen LogP contribution in [0.2, 0.25) is 0 Å². The second kappa shape index (κ2) is 7.20. The molecule has 2 aromatic rings. The summed E-state index contributed by atoms with van der Waals surface area (Å²) in [6.07, 6.45) is 4.13. The van der Waals surface area contributed by atoms with Crippen LogP contribution in [0.25, 0.3) is 6.08 Å². The molecule has 0 bridgehead atoms. The van der Waals surface area contributed by atoms with Crippen molar-refractivity contribution >= 4 is 23.4 Å². The Bertz CT molecular complexity index is 969. The van der Waals surface area contributed by atoms with Crippen LogP contribution >= 0.6 is 0 Å². The lowest BCUT2D eigenvalue weighted by atomic mass is 9.89. The quantitative estimate of drug-likeness (QED) is 0.464. The largest absolute Gasteiger partial charge is 0.306 e. The summed E-state index contributed by atoms with van der Waals surface area (Å²) in [6, 6.07) is 12.8. The predicted molar refractivity (Wildman–Crippen MR) is 109 cm³/mol. The highest BCUT2D eigenvalue weighted by Gasteiger charge is 2.43. The van der Waals surface area contributed by atoms with Crippen LogP contribution in [0.3, 0.4) is 0 Å². The third-order valence-corrected chi connectivity index (χ3v) is 5.69. The summed E-state index contributed by atoms with van der Waals surface area (Å²) in [4.78, 5) is 27.9. The maximum atomic E-state index is 13.1. The van der Waals surface area contributed by atoms with Crippen LogP contribution in [-0.2, 0) is 4.79 Å². The van der Waals surface area contributed by atoms with Gasteiger partial charge in [-0.1, -0.05) is 29.8 Å². The van der Waals surface area contributed by atoms with Gasteiger partial charge in [-0.05, 0) is 50.2 Å². The molecule has 1 fully saturated rings. The molecule has 0 spiro atoms. The molecule has 2 atom stereocenters. The van der Waals surface area contributed by atoms with Crippen molar-refractivity contribution in [3.63, 3.8) is 0 Å². The average molecular weight is 377 g/mol. The van der Waals surface area contributed by atoms with Gasteiger partial charge in [0.25, 0.3) is 11.6 Å². The Hall–Kier alpha value is -2.99. The number of fused-ring (bicyclic) bond motifs is 3. The fourth-order valence-electron chi connectivity index (χ4n) is 4.36. The Balaban J connectivity index is 1.64. The summed E-state index contributed by atoms with van der Waals surface area (Å²) in [5.74, 6) is 0.248. The number of piperidine rings is 1. The van der Waals surface area contributed by atoms with Crippen LogP contribution in [0, 0.1) is 17.0 Å². The number of amides is 1. The lowest BCUT2D eigenvalue weighted by Crippen LogP contribution is -2.46. The van der Waals surface area contributed by atoms with Crippen LogP contribution in [0.4, 0.5) is 11.4 Å². The van der Waals surface area contributed by atoms with Crippen LogP contribution in [0.1, 0.15) is 29.0 Å². The second-order valence-corrected chi connectivity index (χ2v) is 7.68. The standard InChI is InChI=1S/C22H23N3O3/c1-15-6-8-20-18(12-15)19-14-23(2)11-10-21(19)24(20)22(26)9-7-16-4-3-5-17(13-16)25(27)28/h3-9,12-13,19,21H,10-11,14H2,1-2H3/b9-7+/t19-,21+/m1/s1. The van der Waals surface area contributed by atoms with E-state index >= 15 is 0 Å². The Morgan fingerprint density at radius 1 is 1.25 bits per heavy atom. The number of carbonyl (C=O) groups excluding carboxylic acids is 1. The van der Waals surface area contributed by atoms with Crippen LogP contribution in [-0.4, -0.2) is 41.9 Å². The van der Waals surface area contributed by atoms with Crippen molar-refractivity contribution in [3.05, 3.63) is 75.3 Å². The van der Waals surface area contributed by atoms with E-state index in [2.05, 4.69) is 24.9 Å². The number of hydrogen-bond donors (Lipinski definition) is 0. The van der Waals surface area contributed by atoms with Gasteiger partial charge in [0.1, 0.15) is 0 Å². The van der Waals surface area contributed by atoms with E-state index in [0.29, 0.717) is 11.5 Å². The summed E-state index contributed by atoms with van der Waals surface area (Å²) < 4.78 is 0. The first kappa shape index (κ1) is 18.4. The first-order valence-electron chi connectivity index (χ1n) is 9.49. The molecule has 144 valence electrons. The van der Waals surface area contributed by atoms with Gasteiger partial charge in [0.05, 0.1) is 4.92 Å². The van der Waals surface area contributed by atoms with Gasteiger partial charge in [0, 0.05) is 42.4 Å². The zero-order valence-corrected chi connectivity index (χ0v) is 16.0. The van der Waals surface area contributed by atoms with Gasteiger partial charge in [-0.15, -0.1) is 0 Å². The van der Waals surface area contributed by atoms with Crippen molar-refractivity contribution in [2.24, 2.45) is 0 Å². The van der Waals surface area contributed by atoms with Crippen molar-refractivity contribution in [2.75, 3.05) is 25.0 Å². The lowest BCUT2D eigenvalue weighted by molar-refractivity contribution is -0.384. The molecule has 0 aliphatic carbocycles. The van der Waals surface area contributed by atoms with Crippen molar-refractivity contribution in [1.29, 1.82) is 0 Å². The Morgan fingerprint density at radius 2 is 2.07 bits per heavy atom. The lowest BCUT2D eigenvalue weighted by Gasteiger charge is -2.36. The maximum Gasteiger partial charge on any atom is 0.270 e. The summed E-state index contributed by atoms with van der Waals surface area (Å²) in [5, 5.41) is 11.0. The zero-order chi connectivity index (χ0) is 19.8. The number of anilines is 1. The molecule has 2 aromatic carbocycles. The van der Waals surface area contributed by atoms with Gasteiger partial charge in [-0.2, -0.15) is 0 Å². The van der Waals surface area contributed by atoms with Gasteiger partial charge in [0.15, 0.2) is 0 Å². The van der Waals surface area contributed by atoms with Gasteiger partial charge in [-0.25, -0.2) is 0 Å². The number of nitro benzene ring substituents is 1. The average Bonchev–Trinajstić information content (AvgIpc) is 2.99. The molecule has 1 amide bonds. The zero-order valence-electron chi connectivity index (χ0n) is 16.0. The van der Waals surface area contributed by atoms with Crippen LogP contribution in [0.5, 0.6) is 0 Å². The summed E-state index contributed by atoms with van der Waals surface area (Å²) in [7, 11) is 2.12. The minimum atomic E-state index is -0.429. The van der Waals surface area contributed by atoms with Gasteiger partial charge < -0.3 is 9.80 Å². The van der Waals surface area contributed by atoms with Crippen LogP contribution in [0.15, 0.2) is 48.5 Å². The van der Waals surface area contributed by atoms with E-state index in [-0.39, 0.29) is 17.6 Å². The second-order valence-electron chi connectivity index (χ2n) is 7.68. The summed E-state index contributed by atoms with van der Waals surface area (Å²) in [6.45, 7) is 3.99. The number of carbonyl (C=O) groups is 1. The molecule has 1 saturated heterocycles. The maximum absolute atomic E-state index is 13.1. The number of benzene rings is 2. The van der Waals surface area contributed by atoms with E-state index < -0.39 is 4.92 Å². The smallest absolute Gasteiger partial charge is 0.270 e. The SMILES string of the molecule is Cc1ccc2c(c1)[C@H]1CN(C)CC[C@@H]1N2C(=O)/C=C/c1cccc([N+](=O)[O-])c1. The molecule has 0 unspecified atom stereocenters. The fourth-order valence-corrected chi connectivity index (χ4v) is 4.36. The minimum absolute atomic E-state index is 0.0203. The van der Waals surface area contributed by atoms with Crippen molar-refractivity contribution in [2.45, 2.75) is 25.3 Å². The third kappa shape index (κ3) is 3.31. The van der Waals surface area contributed by atoms with E-state index in [4.69, 9.17) is 0 Å². The first-order valence-corrected chi connectivity index (χ1v) is 9.49. The molecule has 6 nitrogen and oxygen atoms in total. The highest BCUT2D eigenvalue weighted by atomic mass is 16.6. The molecule has 0 radical (unpaired) electrons. The van der Waals surface area contributed by atoms with Gasteiger partial charge in [0.2, 0.25) is 0 Å². The van der Waals surface area contributed by atoms with E-state index in [9.17, 15) is 14.9 Å². The molecule has 0 N–H and O–H groups in total. The number of aryl methyl sites for hydroxylation is 1. The van der Waals surface area contributed by atoms with Gasteiger partial charge in [-0.3, -0.25) is 14.9 Å². The molecule has 6 heteroatoms. The van der Waals surface area contributed by atoms with Crippen molar-refractivity contribution < 1.29 is 9.72 Å². The number of nitrogens with zero attached hydrogens (tertiary/aromatic N) is 3. The number of hydrogen-bond acceptors (Lipinski definition) is 4. The monoisotopic (exact) mass is 377 g/mol. The number of likely N-dealkylation sites (N-methyl/N-ethyl adjacent to an activating group) is 1. The van der Waals surface area contributed by atoms with Crippen molar-refractivity contribution in [3.8, 4) is 0 Å². The molecular formula is C22H23N3O3. The van der Waals surface area contributed by atoms with E-state index in [1.54, 1.807) is 18.2 Å². The Labute approximate surface area is 164 Å². The van der Waals surface area contributed by atoms with Gasteiger partial charge >= 0.3 is 0 Å². The number of likely N-dealkylation sites (tertiary alicyclic amines) is 1. The molecule has 2 aliphatic rings. The molecule has 2 heterocycles.